The molecule has 20 heavy (non-hydrogen) atoms. The van der Waals surface area contributed by atoms with Gasteiger partial charge in [-0.15, -0.1) is 0 Å². The molecule has 0 aromatic heterocycles. The van der Waals surface area contributed by atoms with Crippen LogP contribution in [-0.4, -0.2) is 54.9 Å². The number of nitrogens with zero attached hydrogens (tertiary/aromatic N) is 2. The topological polar surface area (TPSA) is 56.4 Å². The lowest BCUT2D eigenvalue weighted by Gasteiger charge is -2.28. The highest BCUT2D eigenvalue weighted by atomic mass is 15.2. The van der Waals surface area contributed by atoms with Gasteiger partial charge in [0.15, 0.2) is 0 Å². The summed E-state index contributed by atoms with van der Waals surface area (Å²) in [5.41, 5.74) is 5.48. The van der Waals surface area contributed by atoms with Crippen LogP contribution in [0.4, 0.5) is 0 Å². The molecular formula is C16H34N4. The summed E-state index contributed by atoms with van der Waals surface area (Å²) in [6.45, 7) is 11.2. The molecule has 4 nitrogen and oxygen atoms in total. The molecule has 1 aliphatic heterocycles. The monoisotopic (exact) mass is 282 g/mol. The molecule has 1 aliphatic rings. The normalized spacial score (nSPS) is 20.8. The van der Waals surface area contributed by atoms with E-state index < -0.39 is 0 Å². The van der Waals surface area contributed by atoms with Crippen LogP contribution in [0.2, 0.25) is 0 Å². The van der Waals surface area contributed by atoms with Crippen LogP contribution in [0, 0.1) is 10.8 Å². The predicted octanol–water partition coefficient (Wildman–Crippen LogP) is 2.53. The van der Waals surface area contributed by atoms with Gasteiger partial charge in [-0.1, -0.05) is 27.2 Å². The quantitative estimate of drug-likeness (QED) is 0.388. The Bertz CT molecular complexity index is 301. The minimum absolute atomic E-state index is 0.136. The van der Waals surface area contributed by atoms with Crippen molar-refractivity contribution in [1.29, 1.82) is 5.41 Å². The molecule has 3 N–H and O–H groups in total. The molecule has 1 heterocycles. The van der Waals surface area contributed by atoms with Gasteiger partial charge in [-0.05, 0) is 52.4 Å². The van der Waals surface area contributed by atoms with Gasteiger partial charge >= 0.3 is 0 Å². The first-order chi connectivity index (χ1) is 9.36. The van der Waals surface area contributed by atoms with Crippen LogP contribution in [-0.2, 0) is 0 Å². The third kappa shape index (κ3) is 5.41. The Morgan fingerprint density at radius 3 is 2.70 bits per heavy atom. The van der Waals surface area contributed by atoms with Gasteiger partial charge in [0.2, 0.25) is 0 Å². The number of rotatable bonds is 9. The number of amidine groups is 1. The summed E-state index contributed by atoms with van der Waals surface area (Å²) in [5.74, 6) is 0.315. The number of hydrogen-bond donors (Lipinski definition) is 2. The maximum absolute atomic E-state index is 7.57. The van der Waals surface area contributed by atoms with Crippen LogP contribution in [0.3, 0.4) is 0 Å². The zero-order chi connectivity index (χ0) is 15.2. The second kappa shape index (κ2) is 7.99. The molecular weight excluding hydrogens is 248 g/mol. The van der Waals surface area contributed by atoms with Gasteiger partial charge in [-0.2, -0.15) is 0 Å². The number of hydrogen-bond acceptors (Lipinski definition) is 3. The van der Waals surface area contributed by atoms with Gasteiger partial charge in [-0.3, -0.25) is 10.3 Å². The van der Waals surface area contributed by atoms with E-state index in [0.29, 0.717) is 5.84 Å². The molecule has 1 rings (SSSR count). The van der Waals surface area contributed by atoms with Crippen molar-refractivity contribution in [3.63, 3.8) is 0 Å². The van der Waals surface area contributed by atoms with E-state index in [1.54, 1.807) is 0 Å². The molecule has 0 aromatic carbocycles. The van der Waals surface area contributed by atoms with E-state index in [0.717, 1.165) is 25.4 Å². The molecule has 1 atom stereocenters. The van der Waals surface area contributed by atoms with E-state index in [4.69, 9.17) is 11.1 Å². The molecule has 0 saturated carbocycles. The number of likely N-dealkylation sites (tertiary alicyclic amines) is 1. The Morgan fingerprint density at radius 1 is 1.40 bits per heavy atom. The number of likely N-dealkylation sites (N-methyl/N-ethyl adjacent to an activating group) is 2. The first-order valence-corrected chi connectivity index (χ1v) is 8.14. The van der Waals surface area contributed by atoms with E-state index in [1.165, 1.54) is 38.9 Å². The maximum Gasteiger partial charge on any atom is 0.0963 e. The zero-order valence-corrected chi connectivity index (χ0v) is 13.9. The van der Waals surface area contributed by atoms with Crippen molar-refractivity contribution in [1.82, 2.24) is 9.80 Å². The van der Waals surface area contributed by atoms with Gasteiger partial charge < -0.3 is 10.6 Å². The van der Waals surface area contributed by atoms with Crippen LogP contribution in [0.25, 0.3) is 0 Å². The summed E-state index contributed by atoms with van der Waals surface area (Å²) in [7, 11) is 2.24. The summed E-state index contributed by atoms with van der Waals surface area (Å²) in [6, 6.07) is 0.763. The van der Waals surface area contributed by atoms with Crippen molar-refractivity contribution in [2.75, 3.05) is 33.2 Å². The van der Waals surface area contributed by atoms with Crippen LogP contribution in [0.15, 0.2) is 0 Å². The van der Waals surface area contributed by atoms with E-state index in [-0.39, 0.29) is 5.41 Å². The first kappa shape index (κ1) is 17.4. The maximum atomic E-state index is 7.57. The first-order valence-electron chi connectivity index (χ1n) is 8.14. The lowest BCUT2D eigenvalue weighted by atomic mass is 9.86. The molecule has 118 valence electrons. The molecule has 0 spiro atoms. The van der Waals surface area contributed by atoms with Crippen molar-refractivity contribution in [3.8, 4) is 0 Å². The van der Waals surface area contributed by atoms with Crippen molar-refractivity contribution in [2.45, 2.75) is 58.9 Å². The number of unbranched alkanes of at least 4 members (excludes halogenated alkanes) is 1. The van der Waals surface area contributed by atoms with E-state index in [9.17, 15) is 0 Å². The number of nitrogens with one attached hydrogen (secondary N) is 1. The average Bonchev–Trinajstić information content (AvgIpc) is 2.81. The average molecular weight is 282 g/mol. The van der Waals surface area contributed by atoms with Crippen LogP contribution in [0.1, 0.15) is 52.9 Å². The zero-order valence-electron chi connectivity index (χ0n) is 13.9. The van der Waals surface area contributed by atoms with E-state index >= 15 is 0 Å². The summed E-state index contributed by atoms with van der Waals surface area (Å²) in [6.07, 6.45) is 6.08. The lowest BCUT2D eigenvalue weighted by Crippen LogP contribution is -2.39. The minimum atomic E-state index is -0.136. The minimum Gasteiger partial charge on any atom is -0.387 e. The van der Waals surface area contributed by atoms with E-state index in [2.05, 4.69) is 37.6 Å². The fourth-order valence-electron chi connectivity index (χ4n) is 3.05. The summed E-state index contributed by atoms with van der Waals surface area (Å²) in [5, 5.41) is 7.57. The highest BCUT2D eigenvalue weighted by Crippen LogP contribution is 2.23. The van der Waals surface area contributed by atoms with Gasteiger partial charge in [0.1, 0.15) is 0 Å². The van der Waals surface area contributed by atoms with E-state index in [1.807, 2.05) is 0 Å². The summed E-state index contributed by atoms with van der Waals surface area (Å²) in [4.78, 5) is 5.08. The standard InChI is InChI=1S/C16H34N4/c1-5-20-12-8-9-14(20)13-19(4)11-7-6-10-16(2,3)15(17)18/h14H,5-13H2,1-4H3,(H3,17,18). The highest BCUT2D eigenvalue weighted by Gasteiger charge is 2.24. The second-order valence-corrected chi connectivity index (χ2v) is 6.94. The largest absolute Gasteiger partial charge is 0.387 e. The van der Waals surface area contributed by atoms with Gasteiger partial charge in [0.25, 0.3) is 0 Å². The van der Waals surface area contributed by atoms with Crippen molar-refractivity contribution in [3.05, 3.63) is 0 Å². The van der Waals surface area contributed by atoms with Crippen LogP contribution in [0.5, 0.6) is 0 Å². The molecule has 1 unspecified atom stereocenters. The Hall–Kier alpha value is -0.610. The Labute approximate surface area is 125 Å². The van der Waals surface area contributed by atoms with Crippen molar-refractivity contribution < 1.29 is 0 Å². The second-order valence-electron chi connectivity index (χ2n) is 6.94. The SMILES string of the molecule is CCN1CCCC1CN(C)CCCCC(C)(C)C(=N)N. The smallest absolute Gasteiger partial charge is 0.0963 e. The molecule has 0 amide bonds. The Kier molecular flexibility index (Phi) is 6.96. The molecule has 0 radical (unpaired) electrons. The molecule has 4 heteroatoms. The van der Waals surface area contributed by atoms with Crippen LogP contribution >= 0.6 is 0 Å². The van der Waals surface area contributed by atoms with Gasteiger partial charge in [0, 0.05) is 18.0 Å². The number of nitrogens with two attached hydrogens (primary N) is 1. The fraction of sp³-hybridized carbons (Fsp3) is 0.938. The Balaban J connectivity index is 2.17. The van der Waals surface area contributed by atoms with Crippen LogP contribution < -0.4 is 5.73 Å². The summed E-state index contributed by atoms with van der Waals surface area (Å²) < 4.78 is 0. The molecule has 1 fully saturated rings. The summed E-state index contributed by atoms with van der Waals surface area (Å²) >= 11 is 0. The fourth-order valence-corrected chi connectivity index (χ4v) is 3.05. The molecule has 0 aliphatic carbocycles. The van der Waals surface area contributed by atoms with Gasteiger partial charge in [-0.25, -0.2) is 0 Å². The molecule has 0 aromatic rings. The third-order valence-electron chi connectivity index (χ3n) is 4.75. The highest BCUT2D eigenvalue weighted by molar-refractivity contribution is 5.82. The molecule has 0 bridgehead atoms. The Morgan fingerprint density at radius 2 is 2.10 bits per heavy atom. The lowest BCUT2D eigenvalue weighted by molar-refractivity contribution is 0.196. The predicted molar refractivity (Wildman–Crippen MR) is 87.3 cm³/mol. The van der Waals surface area contributed by atoms with Crippen molar-refractivity contribution >= 4 is 5.84 Å². The van der Waals surface area contributed by atoms with Gasteiger partial charge in [0.05, 0.1) is 5.84 Å². The third-order valence-corrected chi connectivity index (χ3v) is 4.75. The van der Waals surface area contributed by atoms with Crippen molar-refractivity contribution in [2.24, 2.45) is 11.1 Å². The molecule has 1 saturated heterocycles.